The van der Waals surface area contributed by atoms with E-state index in [1.54, 1.807) is 0 Å². The van der Waals surface area contributed by atoms with Gasteiger partial charge in [-0.2, -0.15) is 4.39 Å². The number of nitrogens with one attached hydrogen (secondary N) is 1. The third-order valence-corrected chi connectivity index (χ3v) is 2.80. The van der Waals surface area contributed by atoms with Crippen LogP contribution in [0.4, 0.5) is 14.5 Å². The SMILES string of the molecule is CCCC(COC)NC(=O)c1cc(F)cc([N+](=O)[O-])c1F. The third kappa shape index (κ3) is 4.45. The first-order chi connectivity index (χ1) is 9.90. The molecule has 1 N–H and O–H groups in total. The van der Waals surface area contributed by atoms with E-state index in [9.17, 15) is 23.7 Å². The summed E-state index contributed by atoms with van der Waals surface area (Å²) >= 11 is 0. The molecule has 0 aliphatic carbocycles. The Morgan fingerprint density at radius 2 is 2.14 bits per heavy atom. The molecule has 0 spiro atoms. The second-order valence-electron chi connectivity index (χ2n) is 4.46. The predicted octanol–water partition coefficient (Wildman–Crippen LogP) is 2.42. The second-order valence-corrected chi connectivity index (χ2v) is 4.46. The summed E-state index contributed by atoms with van der Waals surface area (Å²) in [7, 11) is 1.45. The van der Waals surface area contributed by atoms with Crippen LogP contribution < -0.4 is 5.32 Å². The van der Waals surface area contributed by atoms with Gasteiger partial charge in [-0.25, -0.2) is 4.39 Å². The number of carbonyl (C=O) groups excluding carboxylic acids is 1. The molecule has 1 rings (SSSR count). The Morgan fingerprint density at radius 1 is 1.48 bits per heavy atom. The molecule has 0 aromatic heterocycles. The van der Waals surface area contributed by atoms with E-state index in [1.807, 2.05) is 6.92 Å². The highest BCUT2D eigenvalue weighted by Gasteiger charge is 2.25. The average molecular weight is 302 g/mol. The Balaban J connectivity index is 3.04. The molecule has 116 valence electrons. The van der Waals surface area contributed by atoms with Crippen molar-refractivity contribution in [2.45, 2.75) is 25.8 Å². The third-order valence-electron chi connectivity index (χ3n) is 2.80. The molecule has 0 saturated carbocycles. The highest BCUT2D eigenvalue weighted by molar-refractivity contribution is 5.95. The first kappa shape index (κ1) is 17.0. The van der Waals surface area contributed by atoms with Crippen molar-refractivity contribution in [1.29, 1.82) is 0 Å². The van der Waals surface area contributed by atoms with Crippen molar-refractivity contribution in [3.8, 4) is 0 Å². The molecule has 21 heavy (non-hydrogen) atoms. The lowest BCUT2D eigenvalue weighted by Crippen LogP contribution is -2.38. The fourth-order valence-electron chi connectivity index (χ4n) is 1.88. The number of hydrogen-bond donors (Lipinski definition) is 1. The molecule has 0 aliphatic rings. The minimum atomic E-state index is -1.36. The fraction of sp³-hybridized carbons (Fsp3) is 0.462. The quantitative estimate of drug-likeness (QED) is 0.619. The molecule has 1 unspecified atom stereocenters. The van der Waals surface area contributed by atoms with Crippen LogP contribution in [-0.4, -0.2) is 30.6 Å². The predicted molar refractivity (Wildman–Crippen MR) is 71.1 cm³/mol. The van der Waals surface area contributed by atoms with Crippen LogP contribution in [0.3, 0.4) is 0 Å². The summed E-state index contributed by atoms with van der Waals surface area (Å²) in [6.45, 7) is 2.10. The van der Waals surface area contributed by atoms with Crippen LogP contribution in [-0.2, 0) is 4.74 Å². The second kappa shape index (κ2) is 7.63. The van der Waals surface area contributed by atoms with Gasteiger partial charge >= 0.3 is 5.69 Å². The van der Waals surface area contributed by atoms with Gasteiger partial charge in [0.1, 0.15) is 5.82 Å². The summed E-state index contributed by atoms with van der Waals surface area (Å²) in [6.07, 6.45) is 1.33. The lowest BCUT2D eigenvalue weighted by molar-refractivity contribution is -0.387. The number of nitrogens with zero attached hydrogens (tertiary/aromatic N) is 1. The minimum absolute atomic E-state index is 0.207. The van der Waals surface area contributed by atoms with E-state index in [1.165, 1.54) is 7.11 Å². The van der Waals surface area contributed by atoms with Crippen LogP contribution in [0.25, 0.3) is 0 Å². The normalized spacial score (nSPS) is 12.0. The molecule has 0 radical (unpaired) electrons. The van der Waals surface area contributed by atoms with Crippen molar-refractivity contribution in [2.75, 3.05) is 13.7 Å². The van der Waals surface area contributed by atoms with Gasteiger partial charge in [0, 0.05) is 7.11 Å². The summed E-state index contributed by atoms with van der Waals surface area (Å²) < 4.78 is 32.1. The van der Waals surface area contributed by atoms with Gasteiger partial charge in [-0.1, -0.05) is 13.3 Å². The highest BCUT2D eigenvalue weighted by atomic mass is 19.1. The van der Waals surface area contributed by atoms with Crippen molar-refractivity contribution in [3.63, 3.8) is 0 Å². The summed E-state index contributed by atoms with van der Waals surface area (Å²) in [5, 5.41) is 13.1. The zero-order valence-electron chi connectivity index (χ0n) is 11.7. The molecule has 1 aromatic rings. The summed E-state index contributed by atoms with van der Waals surface area (Å²) in [6, 6.07) is 0.687. The molecular weight excluding hydrogens is 286 g/mol. The number of carbonyl (C=O) groups is 1. The van der Waals surface area contributed by atoms with E-state index in [-0.39, 0.29) is 12.6 Å². The molecule has 0 bridgehead atoms. The van der Waals surface area contributed by atoms with Gasteiger partial charge in [-0.3, -0.25) is 14.9 Å². The maximum absolute atomic E-state index is 13.9. The summed E-state index contributed by atoms with van der Waals surface area (Å²) in [5.74, 6) is -3.32. The van der Waals surface area contributed by atoms with E-state index < -0.39 is 33.7 Å². The van der Waals surface area contributed by atoms with Crippen molar-refractivity contribution in [1.82, 2.24) is 5.32 Å². The summed E-state index contributed by atoms with van der Waals surface area (Å²) in [4.78, 5) is 21.5. The van der Waals surface area contributed by atoms with Gasteiger partial charge in [0.15, 0.2) is 0 Å². The molecule has 0 saturated heterocycles. The standard InChI is InChI=1S/C13H16F2N2O4/c1-3-4-9(7-21-2)16-13(18)10-5-8(14)6-11(12(10)15)17(19)20/h5-6,9H,3-4,7H2,1-2H3,(H,16,18). The Bertz CT molecular complexity index is 531. The molecule has 0 fully saturated rings. The Kier molecular flexibility index (Phi) is 6.16. The molecule has 0 heterocycles. The number of halogens is 2. The Morgan fingerprint density at radius 3 is 2.67 bits per heavy atom. The molecule has 8 heteroatoms. The van der Waals surface area contributed by atoms with Crippen LogP contribution >= 0.6 is 0 Å². The largest absolute Gasteiger partial charge is 0.383 e. The van der Waals surface area contributed by atoms with Crippen molar-refractivity contribution >= 4 is 11.6 Å². The average Bonchev–Trinajstić information content (AvgIpc) is 2.41. The van der Waals surface area contributed by atoms with Gasteiger partial charge in [0.05, 0.1) is 29.2 Å². The zero-order chi connectivity index (χ0) is 16.0. The van der Waals surface area contributed by atoms with Gasteiger partial charge in [0.2, 0.25) is 5.82 Å². The van der Waals surface area contributed by atoms with Crippen LogP contribution in [0.15, 0.2) is 12.1 Å². The summed E-state index contributed by atoms with van der Waals surface area (Å²) in [5.41, 5.74) is -1.77. The number of methoxy groups -OCH3 is 1. The number of rotatable bonds is 7. The number of amides is 1. The lowest BCUT2D eigenvalue weighted by Gasteiger charge is -2.17. The van der Waals surface area contributed by atoms with Gasteiger partial charge in [0.25, 0.3) is 5.91 Å². The van der Waals surface area contributed by atoms with E-state index in [2.05, 4.69) is 5.32 Å². The molecule has 1 atom stereocenters. The van der Waals surface area contributed by atoms with E-state index in [4.69, 9.17) is 4.74 Å². The maximum atomic E-state index is 13.9. The topological polar surface area (TPSA) is 81.5 Å². The zero-order valence-corrected chi connectivity index (χ0v) is 11.7. The van der Waals surface area contributed by atoms with Crippen LogP contribution in [0, 0.1) is 21.7 Å². The van der Waals surface area contributed by atoms with Crippen LogP contribution in [0.5, 0.6) is 0 Å². The number of nitro groups is 1. The van der Waals surface area contributed by atoms with Crippen LogP contribution in [0.1, 0.15) is 30.1 Å². The minimum Gasteiger partial charge on any atom is -0.383 e. The Labute approximate surface area is 120 Å². The van der Waals surface area contributed by atoms with Crippen molar-refractivity contribution in [3.05, 3.63) is 39.4 Å². The van der Waals surface area contributed by atoms with Gasteiger partial charge < -0.3 is 10.1 Å². The molecular formula is C13H16F2N2O4. The highest BCUT2D eigenvalue weighted by Crippen LogP contribution is 2.22. The molecule has 1 amide bonds. The van der Waals surface area contributed by atoms with Gasteiger partial charge in [-0.05, 0) is 12.5 Å². The number of ether oxygens (including phenoxy) is 1. The number of nitro benzene ring substituents is 1. The first-order valence-corrected chi connectivity index (χ1v) is 6.33. The van der Waals surface area contributed by atoms with Crippen molar-refractivity contribution in [2.24, 2.45) is 0 Å². The molecule has 0 aliphatic heterocycles. The maximum Gasteiger partial charge on any atom is 0.308 e. The van der Waals surface area contributed by atoms with Crippen LogP contribution in [0.2, 0.25) is 0 Å². The van der Waals surface area contributed by atoms with E-state index >= 15 is 0 Å². The monoisotopic (exact) mass is 302 g/mol. The fourth-order valence-corrected chi connectivity index (χ4v) is 1.88. The first-order valence-electron chi connectivity index (χ1n) is 6.33. The smallest absolute Gasteiger partial charge is 0.308 e. The van der Waals surface area contributed by atoms with Gasteiger partial charge in [-0.15, -0.1) is 0 Å². The van der Waals surface area contributed by atoms with E-state index in [0.29, 0.717) is 18.6 Å². The van der Waals surface area contributed by atoms with E-state index in [0.717, 1.165) is 6.42 Å². The Hall–Kier alpha value is -2.09. The molecule has 6 nitrogen and oxygen atoms in total. The molecule has 1 aromatic carbocycles. The number of hydrogen-bond acceptors (Lipinski definition) is 4. The van der Waals surface area contributed by atoms with Crippen molar-refractivity contribution < 1.29 is 23.2 Å². The lowest BCUT2D eigenvalue weighted by atomic mass is 10.1. The number of benzene rings is 1.